The molecule has 0 heterocycles. The fourth-order valence-electron chi connectivity index (χ4n) is 3.16. The molecule has 0 spiro atoms. The van der Waals surface area contributed by atoms with Crippen molar-refractivity contribution in [3.8, 4) is 23.0 Å². The predicted molar refractivity (Wildman–Crippen MR) is 119 cm³/mol. The number of hydrogen-bond donors (Lipinski definition) is 2. The minimum absolute atomic E-state index is 0.297. The molecule has 0 radical (unpaired) electrons. The van der Waals surface area contributed by atoms with E-state index in [-0.39, 0.29) is 0 Å². The molecule has 32 heavy (non-hydrogen) atoms. The van der Waals surface area contributed by atoms with E-state index in [2.05, 4.69) is 0 Å². The van der Waals surface area contributed by atoms with E-state index in [1.54, 1.807) is 30.3 Å². The topological polar surface area (TPSA) is 94.5 Å². The molecule has 0 aliphatic rings. The maximum atomic E-state index is 11.0. The minimum atomic E-state index is -1.16. The van der Waals surface area contributed by atoms with Crippen LogP contribution in [0.15, 0.2) is 66.7 Å². The standard InChI is InChI=1S/C25H26O7/c1-29-22-12-18(14-26)8-10-21(22)32-24(15-27)25(28)19-9-11-20(23(13-19)30-2)31-16-17-6-4-3-5-7-17/h3-14,24-25,27-28H,15-16H2,1-2H3/t24-,25+/m1/s1. The predicted octanol–water partition coefficient (Wildman–Crippen LogP) is 3.57. The maximum absolute atomic E-state index is 11.0. The summed E-state index contributed by atoms with van der Waals surface area (Å²) in [5.41, 5.74) is 1.92. The lowest BCUT2D eigenvalue weighted by Gasteiger charge is -2.24. The Labute approximate surface area is 186 Å². The van der Waals surface area contributed by atoms with Crippen molar-refractivity contribution in [3.05, 3.63) is 83.4 Å². The van der Waals surface area contributed by atoms with Crippen molar-refractivity contribution >= 4 is 6.29 Å². The van der Waals surface area contributed by atoms with Gasteiger partial charge in [-0.1, -0.05) is 36.4 Å². The van der Waals surface area contributed by atoms with Gasteiger partial charge in [-0.2, -0.15) is 0 Å². The lowest BCUT2D eigenvalue weighted by atomic mass is 10.0. The Kier molecular flexibility index (Phi) is 8.08. The van der Waals surface area contributed by atoms with Gasteiger partial charge in [-0.25, -0.2) is 0 Å². The summed E-state index contributed by atoms with van der Waals surface area (Å²) >= 11 is 0. The molecule has 0 fully saturated rings. The highest BCUT2D eigenvalue weighted by Crippen LogP contribution is 2.34. The van der Waals surface area contributed by atoms with Gasteiger partial charge in [-0.05, 0) is 41.5 Å². The second kappa shape index (κ2) is 11.2. The van der Waals surface area contributed by atoms with Crippen molar-refractivity contribution in [2.45, 2.75) is 18.8 Å². The number of aldehydes is 1. The molecule has 3 rings (SSSR count). The van der Waals surface area contributed by atoms with Gasteiger partial charge in [0, 0.05) is 5.56 Å². The Morgan fingerprint density at radius 3 is 2.22 bits per heavy atom. The van der Waals surface area contributed by atoms with Crippen molar-refractivity contribution in [3.63, 3.8) is 0 Å². The maximum Gasteiger partial charge on any atom is 0.161 e. The van der Waals surface area contributed by atoms with Crippen LogP contribution in [-0.4, -0.2) is 43.4 Å². The van der Waals surface area contributed by atoms with Gasteiger partial charge < -0.3 is 29.2 Å². The summed E-state index contributed by atoms with van der Waals surface area (Å²) in [5, 5.41) is 20.7. The van der Waals surface area contributed by atoms with Crippen LogP contribution in [0.2, 0.25) is 0 Å². The zero-order valence-corrected chi connectivity index (χ0v) is 17.9. The van der Waals surface area contributed by atoms with Crippen LogP contribution >= 0.6 is 0 Å². The summed E-state index contributed by atoms with van der Waals surface area (Å²) in [7, 11) is 2.96. The van der Waals surface area contributed by atoms with Crippen LogP contribution in [0.3, 0.4) is 0 Å². The Balaban J connectivity index is 1.76. The quantitative estimate of drug-likeness (QED) is 0.442. The fraction of sp³-hybridized carbons (Fsp3) is 0.240. The first-order chi connectivity index (χ1) is 15.6. The number of rotatable bonds is 11. The van der Waals surface area contributed by atoms with Crippen molar-refractivity contribution < 1.29 is 34.0 Å². The first-order valence-corrected chi connectivity index (χ1v) is 10.0. The van der Waals surface area contributed by atoms with Crippen LogP contribution < -0.4 is 18.9 Å². The summed E-state index contributed by atoms with van der Waals surface area (Å²) in [6.07, 6.45) is -1.45. The van der Waals surface area contributed by atoms with Crippen LogP contribution in [-0.2, 0) is 6.61 Å². The molecule has 0 amide bonds. The highest BCUT2D eigenvalue weighted by Gasteiger charge is 2.25. The smallest absolute Gasteiger partial charge is 0.161 e. The van der Waals surface area contributed by atoms with E-state index in [1.807, 2.05) is 30.3 Å². The summed E-state index contributed by atoms with van der Waals surface area (Å²) in [5.74, 6) is 1.59. The largest absolute Gasteiger partial charge is 0.493 e. The first kappa shape index (κ1) is 23.1. The number of aliphatic hydroxyl groups is 2. The summed E-state index contributed by atoms with van der Waals surface area (Å²) < 4.78 is 22.3. The molecule has 0 saturated heterocycles. The zero-order valence-electron chi connectivity index (χ0n) is 17.9. The summed E-state index contributed by atoms with van der Waals surface area (Å²) in [6.45, 7) is -0.0770. The van der Waals surface area contributed by atoms with Crippen LogP contribution in [0.5, 0.6) is 23.0 Å². The van der Waals surface area contributed by atoms with Gasteiger partial charge in [0.05, 0.1) is 20.8 Å². The molecule has 0 unspecified atom stereocenters. The van der Waals surface area contributed by atoms with E-state index in [9.17, 15) is 15.0 Å². The monoisotopic (exact) mass is 438 g/mol. The third-order valence-corrected chi connectivity index (χ3v) is 4.90. The molecular formula is C25H26O7. The Morgan fingerprint density at radius 1 is 0.875 bits per heavy atom. The van der Waals surface area contributed by atoms with E-state index in [0.29, 0.717) is 47.0 Å². The third kappa shape index (κ3) is 5.57. The number of hydrogen-bond acceptors (Lipinski definition) is 7. The van der Waals surface area contributed by atoms with Crippen molar-refractivity contribution in [1.29, 1.82) is 0 Å². The van der Waals surface area contributed by atoms with Gasteiger partial charge in [0.2, 0.25) is 0 Å². The van der Waals surface area contributed by atoms with E-state index in [0.717, 1.165) is 5.56 Å². The molecule has 0 saturated carbocycles. The number of methoxy groups -OCH3 is 2. The SMILES string of the molecule is COc1cc([C@H](O)[C@@H](CO)Oc2ccc(C=O)cc2OC)ccc1OCc1ccccc1. The van der Waals surface area contributed by atoms with Gasteiger partial charge >= 0.3 is 0 Å². The van der Waals surface area contributed by atoms with Gasteiger partial charge in [0.25, 0.3) is 0 Å². The van der Waals surface area contributed by atoms with E-state index in [1.165, 1.54) is 20.3 Å². The van der Waals surface area contributed by atoms with Crippen LogP contribution in [0.1, 0.15) is 27.6 Å². The second-order valence-corrected chi connectivity index (χ2v) is 7.00. The lowest BCUT2D eigenvalue weighted by Crippen LogP contribution is -2.29. The normalized spacial score (nSPS) is 12.5. The molecule has 2 N–H and O–H groups in total. The van der Waals surface area contributed by atoms with E-state index < -0.39 is 18.8 Å². The molecule has 3 aromatic rings. The Morgan fingerprint density at radius 2 is 1.56 bits per heavy atom. The number of aliphatic hydroxyl groups excluding tert-OH is 2. The summed E-state index contributed by atoms with van der Waals surface area (Å²) in [6, 6.07) is 19.4. The highest BCUT2D eigenvalue weighted by atomic mass is 16.5. The van der Waals surface area contributed by atoms with Gasteiger partial charge in [-0.15, -0.1) is 0 Å². The van der Waals surface area contributed by atoms with Crippen LogP contribution in [0, 0.1) is 0 Å². The molecule has 0 aliphatic carbocycles. The molecule has 168 valence electrons. The first-order valence-electron chi connectivity index (χ1n) is 10.0. The number of carbonyl (C=O) groups excluding carboxylic acids is 1. The zero-order chi connectivity index (χ0) is 22.9. The van der Waals surface area contributed by atoms with Crippen LogP contribution in [0.4, 0.5) is 0 Å². The summed E-state index contributed by atoms with van der Waals surface area (Å²) in [4.78, 5) is 11.0. The van der Waals surface area contributed by atoms with E-state index >= 15 is 0 Å². The molecule has 7 heteroatoms. The number of ether oxygens (including phenoxy) is 4. The second-order valence-electron chi connectivity index (χ2n) is 7.00. The minimum Gasteiger partial charge on any atom is -0.493 e. The average molecular weight is 438 g/mol. The number of carbonyl (C=O) groups is 1. The van der Waals surface area contributed by atoms with Crippen molar-refractivity contribution in [2.24, 2.45) is 0 Å². The molecule has 2 atom stereocenters. The molecule has 0 aliphatic heterocycles. The Bertz CT molecular complexity index is 1020. The third-order valence-electron chi connectivity index (χ3n) is 4.90. The lowest BCUT2D eigenvalue weighted by molar-refractivity contribution is -0.000533. The van der Waals surface area contributed by atoms with Gasteiger partial charge in [-0.3, -0.25) is 4.79 Å². The van der Waals surface area contributed by atoms with E-state index in [4.69, 9.17) is 18.9 Å². The van der Waals surface area contributed by atoms with Gasteiger partial charge in [0.1, 0.15) is 19.0 Å². The molecule has 3 aromatic carbocycles. The van der Waals surface area contributed by atoms with Crippen molar-refractivity contribution in [1.82, 2.24) is 0 Å². The van der Waals surface area contributed by atoms with Gasteiger partial charge in [0.15, 0.2) is 29.1 Å². The van der Waals surface area contributed by atoms with Crippen LogP contribution in [0.25, 0.3) is 0 Å². The fourth-order valence-corrected chi connectivity index (χ4v) is 3.16. The number of benzene rings is 3. The molecule has 7 nitrogen and oxygen atoms in total. The molecular weight excluding hydrogens is 412 g/mol. The Hall–Kier alpha value is -3.55. The average Bonchev–Trinajstić information content (AvgIpc) is 2.86. The molecule has 0 aromatic heterocycles. The van der Waals surface area contributed by atoms with Crippen molar-refractivity contribution in [2.75, 3.05) is 20.8 Å². The molecule has 0 bridgehead atoms. The highest BCUT2D eigenvalue weighted by molar-refractivity contribution is 5.76.